The molecule has 1 amide bonds. The van der Waals surface area contributed by atoms with E-state index >= 15 is 0 Å². The summed E-state index contributed by atoms with van der Waals surface area (Å²) in [4.78, 5) is 29.7. The number of aryl methyl sites for hydroxylation is 3. The monoisotopic (exact) mass is 564 g/mol. The minimum Gasteiger partial charge on any atom is -0.393 e. The Kier molecular flexibility index (Phi) is 7.18. The summed E-state index contributed by atoms with van der Waals surface area (Å²) >= 11 is 0. The number of amides is 1. The van der Waals surface area contributed by atoms with Crippen LogP contribution in [-0.2, 0) is 6.42 Å². The van der Waals surface area contributed by atoms with Crippen molar-refractivity contribution >= 4 is 22.9 Å². The number of pyridine rings is 1. The molecule has 7 rings (SSSR count). The molecule has 1 aliphatic heterocycles. The molecule has 2 fully saturated rings. The third-order valence-corrected chi connectivity index (χ3v) is 9.65. The standard InChI is InChI=1S/C34H40N6O2/c1-21-17-25(18-22(2)36-21)33(42)39-15-13-24(14-16-39)30-20-40(26-8-10-27(41)11-9-26)32-29(30)19-35-34(38-32)37-31-12-7-23-5-3-4-6-28(23)31/h3-6,17-20,24,26-27,31,41H,7-16H2,1-2H3,(H,35,37,38)/t26?,27?,31-/m0/s1. The molecular weight excluding hydrogens is 524 g/mol. The number of fused-ring (bicyclic) bond motifs is 2. The normalized spacial score (nSPS) is 22.8. The Labute approximate surface area is 247 Å². The molecule has 2 aliphatic carbocycles. The summed E-state index contributed by atoms with van der Waals surface area (Å²) in [5.41, 5.74) is 7.50. The van der Waals surface area contributed by atoms with E-state index in [1.165, 1.54) is 16.7 Å². The molecule has 8 nitrogen and oxygen atoms in total. The number of aliphatic hydroxyl groups is 1. The third kappa shape index (κ3) is 5.17. The fourth-order valence-corrected chi connectivity index (χ4v) is 7.46. The molecule has 218 valence electrons. The molecule has 1 atom stereocenters. The van der Waals surface area contributed by atoms with Crippen molar-refractivity contribution in [2.45, 2.75) is 89.3 Å². The van der Waals surface area contributed by atoms with Crippen molar-refractivity contribution < 1.29 is 9.90 Å². The second-order valence-corrected chi connectivity index (χ2v) is 12.5. The molecule has 0 spiro atoms. The average molecular weight is 565 g/mol. The average Bonchev–Trinajstić information content (AvgIpc) is 3.58. The van der Waals surface area contributed by atoms with Crippen LogP contribution in [0.15, 0.2) is 48.8 Å². The summed E-state index contributed by atoms with van der Waals surface area (Å²) in [6, 6.07) is 13.0. The number of likely N-dealkylation sites (tertiary alicyclic amines) is 1. The lowest BCUT2D eigenvalue weighted by atomic mass is 9.89. The van der Waals surface area contributed by atoms with Crippen LogP contribution in [0, 0.1) is 13.8 Å². The first kappa shape index (κ1) is 27.1. The predicted octanol–water partition coefficient (Wildman–Crippen LogP) is 6.04. The zero-order valence-corrected chi connectivity index (χ0v) is 24.6. The van der Waals surface area contributed by atoms with Crippen molar-refractivity contribution in [2.24, 2.45) is 0 Å². The lowest BCUT2D eigenvalue weighted by molar-refractivity contribution is 0.0712. The van der Waals surface area contributed by atoms with Crippen molar-refractivity contribution in [2.75, 3.05) is 18.4 Å². The molecule has 4 heterocycles. The van der Waals surface area contributed by atoms with Gasteiger partial charge in [0.25, 0.3) is 5.91 Å². The number of carbonyl (C=O) groups excluding carboxylic acids is 1. The van der Waals surface area contributed by atoms with Crippen molar-refractivity contribution in [3.63, 3.8) is 0 Å². The highest BCUT2D eigenvalue weighted by Crippen LogP contribution is 2.39. The van der Waals surface area contributed by atoms with Gasteiger partial charge in [-0.2, -0.15) is 4.98 Å². The van der Waals surface area contributed by atoms with Crippen molar-refractivity contribution in [3.05, 3.63) is 82.4 Å². The molecule has 0 radical (unpaired) electrons. The maximum atomic E-state index is 13.3. The Morgan fingerprint density at radius 2 is 1.67 bits per heavy atom. The Balaban J connectivity index is 1.15. The number of hydrogen-bond donors (Lipinski definition) is 2. The molecule has 4 aromatic rings. The van der Waals surface area contributed by atoms with Crippen LogP contribution in [0.1, 0.15) is 101 Å². The van der Waals surface area contributed by atoms with Crippen molar-refractivity contribution in [3.8, 4) is 0 Å². The number of carbonyl (C=O) groups is 1. The van der Waals surface area contributed by atoms with Crippen LogP contribution in [0.25, 0.3) is 11.0 Å². The number of aliphatic hydroxyl groups excluding tert-OH is 1. The Hall–Kier alpha value is -3.78. The van der Waals surface area contributed by atoms with Gasteiger partial charge in [0, 0.05) is 53.9 Å². The number of rotatable bonds is 5. The molecule has 3 aromatic heterocycles. The van der Waals surface area contributed by atoms with Gasteiger partial charge in [0.1, 0.15) is 5.65 Å². The van der Waals surface area contributed by atoms with E-state index in [0.29, 0.717) is 17.9 Å². The molecule has 2 N–H and O–H groups in total. The minimum atomic E-state index is -0.202. The van der Waals surface area contributed by atoms with Crippen LogP contribution in [-0.4, -0.2) is 54.6 Å². The summed E-state index contributed by atoms with van der Waals surface area (Å²) in [6.07, 6.45) is 11.6. The molecule has 1 aromatic carbocycles. The number of piperidine rings is 1. The van der Waals surface area contributed by atoms with Crippen LogP contribution >= 0.6 is 0 Å². The fraction of sp³-hybridized carbons (Fsp3) is 0.471. The van der Waals surface area contributed by atoms with E-state index in [1.54, 1.807) is 0 Å². The third-order valence-electron chi connectivity index (χ3n) is 9.65. The molecule has 42 heavy (non-hydrogen) atoms. The Bertz CT molecular complexity index is 1590. The molecule has 0 bridgehead atoms. The number of aromatic nitrogens is 4. The summed E-state index contributed by atoms with van der Waals surface area (Å²) in [5, 5.41) is 14.9. The van der Waals surface area contributed by atoms with Gasteiger partial charge in [0.2, 0.25) is 5.95 Å². The second kappa shape index (κ2) is 11.1. The van der Waals surface area contributed by atoms with E-state index in [-0.39, 0.29) is 18.1 Å². The first-order valence-corrected chi connectivity index (χ1v) is 15.6. The van der Waals surface area contributed by atoms with Gasteiger partial charge in [0.15, 0.2) is 0 Å². The maximum absolute atomic E-state index is 13.3. The highest BCUT2D eigenvalue weighted by atomic mass is 16.3. The summed E-state index contributed by atoms with van der Waals surface area (Å²) in [5.74, 6) is 1.11. The smallest absolute Gasteiger partial charge is 0.253 e. The summed E-state index contributed by atoms with van der Waals surface area (Å²) in [6.45, 7) is 5.34. The van der Waals surface area contributed by atoms with Crippen LogP contribution in [0.4, 0.5) is 5.95 Å². The topological polar surface area (TPSA) is 96.2 Å². The van der Waals surface area contributed by atoms with E-state index in [1.807, 2.05) is 37.1 Å². The number of nitrogens with zero attached hydrogens (tertiary/aromatic N) is 5. The van der Waals surface area contributed by atoms with E-state index in [0.717, 1.165) is 92.4 Å². The van der Waals surface area contributed by atoms with Gasteiger partial charge >= 0.3 is 0 Å². The van der Waals surface area contributed by atoms with Crippen LogP contribution in [0.2, 0.25) is 0 Å². The van der Waals surface area contributed by atoms with E-state index in [9.17, 15) is 9.90 Å². The van der Waals surface area contributed by atoms with Gasteiger partial charge in [-0.05, 0) is 100.0 Å². The fourth-order valence-electron chi connectivity index (χ4n) is 7.46. The minimum absolute atomic E-state index is 0.0952. The first-order chi connectivity index (χ1) is 20.4. The highest BCUT2D eigenvalue weighted by molar-refractivity contribution is 5.94. The zero-order valence-electron chi connectivity index (χ0n) is 24.6. The van der Waals surface area contributed by atoms with Crippen molar-refractivity contribution in [1.29, 1.82) is 0 Å². The highest BCUT2D eigenvalue weighted by Gasteiger charge is 2.30. The molecular formula is C34H40N6O2. The van der Waals surface area contributed by atoms with Gasteiger partial charge in [-0.1, -0.05) is 24.3 Å². The quantitative estimate of drug-likeness (QED) is 0.307. The molecule has 1 saturated heterocycles. The predicted molar refractivity (Wildman–Crippen MR) is 164 cm³/mol. The second-order valence-electron chi connectivity index (χ2n) is 12.5. The maximum Gasteiger partial charge on any atom is 0.253 e. The van der Waals surface area contributed by atoms with E-state index in [2.05, 4.69) is 45.3 Å². The van der Waals surface area contributed by atoms with Crippen LogP contribution in [0.5, 0.6) is 0 Å². The summed E-state index contributed by atoms with van der Waals surface area (Å²) < 4.78 is 2.37. The largest absolute Gasteiger partial charge is 0.393 e. The number of nitrogens with one attached hydrogen (secondary N) is 1. The van der Waals surface area contributed by atoms with Gasteiger partial charge in [-0.15, -0.1) is 0 Å². The van der Waals surface area contributed by atoms with Gasteiger partial charge in [0.05, 0.1) is 12.1 Å². The molecule has 3 aliphatic rings. The Morgan fingerprint density at radius 1 is 0.929 bits per heavy atom. The molecule has 0 unspecified atom stereocenters. The SMILES string of the molecule is Cc1cc(C(=O)N2CCC(c3cn(C4CCC(O)CC4)c4nc(N[C@H]5CCc6ccccc65)ncc34)CC2)cc(C)n1. The van der Waals surface area contributed by atoms with Crippen molar-refractivity contribution in [1.82, 2.24) is 24.4 Å². The van der Waals surface area contributed by atoms with E-state index < -0.39 is 0 Å². The summed E-state index contributed by atoms with van der Waals surface area (Å²) in [7, 11) is 0. The lowest BCUT2D eigenvalue weighted by Gasteiger charge is -2.32. The first-order valence-electron chi connectivity index (χ1n) is 15.6. The lowest BCUT2D eigenvalue weighted by Crippen LogP contribution is -2.38. The number of anilines is 1. The van der Waals surface area contributed by atoms with E-state index in [4.69, 9.17) is 9.97 Å². The van der Waals surface area contributed by atoms with Crippen LogP contribution < -0.4 is 5.32 Å². The zero-order chi connectivity index (χ0) is 28.8. The number of hydrogen-bond acceptors (Lipinski definition) is 6. The number of benzene rings is 1. The van der Waals surface area contributed by atoms with Gasteiger partial charge in [-0.3, -0.25) is 9.78 Å². The molecule has 8 heteroatoms. The van der Waals surface area contributed by atoms with Gasteiger partial charge in [-0.25, -0.2) is 4.98 Å². The molecule has 1 saturated carbocycles. The van der Waals surface area contributed by atoms with Gasteiger partial charge < -0.3 is 19.9 Å². The Morgan fingerprint density at radius 3 is 2.43 bits per heavy atom. The van der Waals surface area contributed by atoms with Crippen LogP contribution in [0.3, 0.4) is 0 Å².